The maximum absolute atomic E-state index is 11.2. The molecule has 1 saturated heterocycles. The summed E-state index contributed by atoms with van der Waals surface area (Å²) >= 11 is 0. The average molecular weight is 236 g/mol. The van der Waals surface area contributed by atoms with E-state index in [2.05, 4.69) is 0 Å². The van der Waals surface area contributed by atoms with Crippen molar-refractivity contribution in [1.82, 2.24) is 0 Å². The highest BCUT2D eigenvalue weighted by molar-refractivity contribution is 5.93. The molecular weight excluding hydrogens is 224 g/mol. The van der Waals surface area contributed by atoms with Crippen LogP contribution in [-0.4, -0.2) is 19.0 Å². The number of hydrogen-bond donors (Lipinski definition) is 0. The number of hydrogen-bond acceptors (Lipinski definition) is 5. The first-order valence-electron chi connectivity index (χ1n) is 5.12. The fourth-order valence-electron chi connectivity index (χ4n) is 1.66. The Kier molecular flexibility index (Phi) is 2.75. The van der Waals surface area contributed by atoms with Crippen molar-refractivity contribution in [3.8, 4) is 5.75 Å². The van der Waals surface area contributed by atoms with Crippen molar-refractivity contribution >= 4 is 11.9 Å². The van der Waals surface area contributed by atoms with Crippen LogP contribution in [0.4, 0.5) is 0 Å². The van der Waals surface area contributed by atoms with Crippen molar-refractivity contribution < 1.29 is 23.8 Å². The van der Waals surface area contributed by atoms with Crippen molar-refractivity contribution in [2.75, 3.05) is 7.11 Å². The lowest BCUT2D eigenvalue weighted by atomic mass is 10.1. The standard InChI is InChI=1S/C12H12O5/c1-12(16-10(13)7-11(14)17-12)8-3-5-9(15-2)6-4-8/h3-6H,7H2,1-2H3. The molecule has 0 spiro atoms. The van der Waals surface area contributed by atoms with Crippen molar-refractivity contribution in [3.63, 3.8) is 0 Å². The predicted octanol–water partition coefficient (Wildman–Crippen LogP) is 1.36. The lowest BCUT2D eigenvalue weighted by Gasteiger charge is -2.32. The summed E-state index contributed by atoms with van der Waals surface area (Å²) in [6.45, 7) is 1.53. The first-order chi connectivity index (χ1) is 8.03. The Bertz CT molecular complexity index is 432. The van der Waals surface area contributed by atoms with Crippen molar-refractivity contribution in [2.45, 2.75) is 19.1 Å². The Labute approximate surface area is 98.3 Å². The van der Waals surface area contributed by atoms with Gasteiger partial charge in [0.25, 0.3) is 5.79 Å². The van der Waals surface area contributed by atoms with Gasteiger partial charge in [0, 0.05) is 12.5 Å². The Hall–Kier alpha value is -2.04. The molecule has 0 saturated carbocycles. The number of benzene rings is 1. The molecule has 0 N–H and O–H groups in total. The van der Waals surface area contributed by atoms with E-state index in [0.29, 0.717) is 11.3 Å². The number of esters is 2. The van der Waals surface area contributed by atoms with Gasteiger partial charge in [0.2, 0.25) is 0 Å². The van der Waals surface area contributed by atoms with Crippen LogP contribution >= 0.6 is 0 Å². The van der Waals surface area contributed by atoms with Crippen LogP contribution in [-0.2, 0) is 24.8 Å². The molecule has 17 heavy (non-hydrogen) atoms. The van der Waals surface area contributed by atoms with E-state index >= 15 is 0 Å². The number of cyclic esters (lactones) is 2. The molecule has 1 aromatic carbocycles. The molecule has 0 unspecified atom stereocenters. The molecule has 90 valence electrons. The van der Waals surface area contributed by atoms with Gasteiger partial charge < -0.3 is 14.2 Å². The largest absolute Gasteiger partial charge is 0.497 e. The zero-order chi connectivity index (χ0) is 12.5. The van der Waals surface area contributed by atoms with Crippen LogP contribution in [0.5, 0.6) is 5.75 Å². The minimum Gasteiger partial charge on any atom is -0.497 e. The van der Waals surface area contributed by atoms with E-state index in [1.807, 2.05) is 0 Å². The van der Waals surface area contributed by atoms with Gasteiger partial charge in [-0.1, -0.05) is 0 Å². The highest BCUT2D eigenvalue weighted by atomic mass is 16.7. The molecule has 5 heteroatoms. The van der Waals surface area contributed by atoms with Crippen LogP contribution < -0.4 is 4.74 Å². The maximum Gasteiger partial charge on any atom is 0.320 e. The summed E-state index contributed by atoms with van der Waals surface area (Å²) in [7, 11) is 1.55. The molecule has 0 amide bonds. The Morgan fingerprint density at radius 2 is 1.65 bits per heavy atom. The molecule has 2 rings (SSSR count). The molecule has 0 atom stereocenters. The summed E-state index contributed by atoms with van der Waals surface area (Å²) in [6, 6.07) is 6.78. The average Bonchev–Trinajstić information content (AvgIpc) is 2.27. The van der Waals surface area contributed by atoms with Crippen molar-refractivity contribution in [3.05, 3.63) is 29.8 Å². The first-order valence-corrected chi connectivity index (χ1v) is 5.12. The minimum atomic E-state index is -1.35. The maximum atomic E-state index is 11.2. The number of carbonyl (C=O) groups excluding carboxylic acids is 2. The Balaban J connectivity index is 2.29. The molecule has 0 bridgehead atoms. The van der Waals surface area contributed by atoms with Gasteiger partial charge in [-0.25, -0.2) is 0 Å². The normalized spacial score (nSPS) is 18.2. The highest BCUT2D eigenvalue weighted by Crippen LogP contribution is 2.32. The summed E-state index contributed by atoms with van der Waals surface area (Å²) in [5, 5.41) is 0. The van der Waals surface area contributed by atoms with Gasteiger partial charge in [0.1, 0.15) is 12.2 Å². The highest BCUT2D eigenvalue weighted by Gasteiger charge is 2.40. The van der Waals surface area contributed by atoms with Gasteiger partial charge in [-0.15, -0.1) is 0 Å². The minimum absolute atomic E-state index is 0.342. The quantitative estimate of drug-likeness (QED) is 0.573. The van der Waals surface area contributed by atoms with E-state index in [-0.39, 0.29) is 6.42 Å². The van der Waals surface area contributed by atoms with Crippen LogP contribution in [0.1, 0.15) is 18.9 Å². The monoisotopic (exact) mass is 236 g/mol. The summed E-state index contributed by atoms with van der Waals surface area (Å²) in [5.41, 5.74) is 0.583. The van der Waals surface area contributed by atoms with E-state index in [1.54, 1.807) is 31.4 Å². The second kappa shape index (κ2) is 4.08. The van der Waals surface area contributed by atoms with Gasteiger partial charge in [-0.05, 0) is 24.3 Å². The molecular formula is C12H12O5. The molecule has 1 aliphatic heterocycles. The van der Waals surface area contributed by atoms with Gasteiger partial charge in [-0.3, -0.25) is 9.59 Å². The summed E-state index contributed by atoms with van der Waals surface area (Å²) in [6.07, 6.45) is -0.342. The molecule has 1 heterocycles. The first kappa shape index (κ1) is 11.4. The molecule has 0 aromatic heterocycles. The molecule has 1 aromatic rings. The third-order valence-corrected chi connectivity index (χ3v) is 2.52. The number of ether oxygens (including phenoxy) is 3. The van der Waals surface area contributed by atoms with Crippen LogP contribution in [0, 0.1) is 0 Å². The zero-order valence-corrected chi connectivity index (χ0v) is 9.56. The van der Waals surface area contributed by atoms with E-state index in [4.69, 9.17) is 14.2 Å². The van der Waals surface area contributed by atoms with Crippen LogP contribution in [0.2, 0.25) is 0 Å². The predicted molar refractivity (Wildman–Crippen MR) is 57.1 cm³/mol. The second-order valence-corrected chi connectivity index (χ2v) is 3.80. The third-order valence-electron chi connectivity index (χ3n) is 2.52. The molecule has 5 nitrogen and oxygen atoms in total. The fraction of sp³-hybridized carbons (Fsp3) is 0.333. The van der Waals surface area contributed by atoms with Gasteiger partial charge in [0.05, 0.1) is 7.11 Å². The summed E-state index contributed by atoms with van der Waals surface area (Å²) in [4.78, 5) is 22.5. The van der Waals surface area contributed by atoms with E-state index in [0.717, 1.165) is 0 Å². The van der Waals surface area contributed by atoms with E-state index < -0.39 is 17.7 Å². The molecule has 1 fully saturated rings. The Morgan fingerprint density at radius 3 is 2.12 bits per heavy atom. The number of rotatable bonds is 2. The SMILES string of the molecule is COc1ccc(C2(C)OC(=O)CC(=O)O2)cc1. The van der Waals surface area contributed by atoms with Crippen LogP contribution in [0.15, 0.2) is 24.3 Å². The second-order valence-electron chi connectivity index (χ2n) is 3.80. The van der Waals surface area contributed by atoms with Gasteiger partial charge in [-0.2, -0.15) is 0 Å². The Morgan fingerprint density at radius 1 is 1.12 bits per heavy atom. The van der Waals surface area contributed by atoms with Crippen LogP contribution in [0.3, 0.4) is 0 Å². The summed E-state index contributed by atoms with van der Waals surface area (Å²) in [5.74, 6) is -1.84. The molecule has 0 aliphatic carbocycles. The third kappa shape index (κ3) is 2.22. The lowest BCUT2D eigenvalue weighted by Crippen LogP contribution is -2.40. The number of carbonyl (C=O) groups is 2. The smallest absolute Gasteiger partial charge is 0.320 e. The van der Waals surface area contributed by atoms with Crippen LogP contribution in [0.25, 0.3) is 0 Å². The van der Waals surface area contributed by atoms with Crippen molar-refractivity contribution in [2.24, 2.45) is 0 Å². The molecule has 1 aliphatic rings. The fourth-order valence-corrected chi connectivity index (χ4v) is 1.66. The van der Waals surface area contributed by atoms with Crippen molar-refractivity contribution in [1.29, 1.82) is 0 Å². The van der Waals surface area contributed by atoms with Gasteiger partial charge >= 0.3 is 11.9 Å². The van der Waals surface area contributed by atoms with E-state index in [9.17, 15) is 9.59 Å². The van der Waals surface area contributed by atoms with Gasteiger partial charge in [0.15, 0.2) is 0 Å². The number of methoxy groups -OCH3 is 1. The molecule has 0 radical (unpaired) electrons. The summed E-state index contributed by atoms with van der Waals surface area (Å²) < 4.78 is 15.2. The topological polar surface area (TPSA) is 61.8 Å². The zero-order valence-electron chi connectivity index (χ0n) is 9.56. The van der Waals surface area contributed by atoms with E-state index in [1.165, 1.54) is 6.92 Å². The lowest BCUT2D eigenvalue weighted by molar-refractivity contribution is -0.242.